The Balaban J connectivity index is 1.87. The number of aryl methyl sites for hydroxylation is 1. The number of amides is 1. The maximum atomic E-state index is 13.5. The Labute approximate surface area is 196 Å². The second-order valence-electron chi connectivity index (χ2n) is 7.47. The number of para-hydroxylation sites is 1. The third kappa shape index (κ3) is 3.67. The Kier molecular flexibility index (Phi) is 6.01. The van der Waals surface area contributed by atoms with Crippen molar-refractivity contribution in [3.8, 4) is 11.5 Å². The molecule has 1 heterocycles. The van der Waals surface area contributed by atoms with Gasteiger partial charge in [0.15, 0.2) is 11.5 Å². The molecule has 4 rings (SSSR count). The maximum Gasteiger partial charge on any atom is 0.270 e. The number of carbonyl (C=O) groups is 1. The Morgan fingerprint density at radius 1 is 0.906 bits per heavy atom. The van der Waals surface area contributed by atoms with E-state index in [1.807, 2.05) is 31.2 Å². The summed E-state index contributed by atoms with van der Waals surface area (Å²) in [6.07, 6.45) is 0. The molecule has 1 aliphatic heterocycles. The minimum absolute atomic E-state index is 0.0653. The van der Waals surface area contributed by atoms with Gasteiger partial charge in [0.1, 0.15) is 4.83 Å². The zero-order valence-corrected chi connectivity index (χ0v) is 20.2. The monoisotopic (exact) mass is 515 g/mol. The predicted molar refractivity (Wildman–Crippen MR) is 126 cm³/mol. The number of halogens is 1. The lowest BCUT2D eigenvalue weighted by molar-refractivity contribution is -0.117. The van der Waals surface area contributed by atoms with Crippen molar-refractivity contribution in [3.05, 3.63) is 83.4 Å². The third-order valence-corrected chi connectivity index (χ3v) is 8.19. The number of hydrogen-bond acceptors (Lipinski definition) is 5. The zero-order chi connectivity index (χ0) is 23.0. The van der Waals surface area contributed by atoms with Crippen LogP contribution in [0.2, 0.25) is 0 Å². The average Bonchev–Trinajstić information content (AvgIpc) is 2.79. The van der Waals surface area contributed by atoms with Crippen LogP contribution in [0, 0.1) is 6.92 Å². The van der Waals surface area contributed by atoms with Crippen molar-refractivity contribution in [1.29, 1.82) is 0 Å². The molecule has 0 saturated carbocycles. The van der Waals surface area contributed by atoms with Crippen LogP contribution in [0.3, 0.4) is 0 Å². The number of benzene rings is 3. The first-order chi connectivity index (χ1) is 15.3. The summed E-state index contributed by atoms with van der Waals surface area (Å²) in [5, 5.41) is 0. The average molecular weight is 516 g/mol. The van der Waals surface area contributed by atoms with E-state index < -0.39 is 26.7 Å². The fraction of sp³-hybridized carbons (Fsp3) is 0.208. The molecule has 0 aromatic heterocycles. The molecule has 0 N–H and O–H groups in total. The minimum Gasteiger partial charge on any atom is -0.493 e. The Hall–Kier alpha value is -2.84. The van der Waals surface area contributed by atoms with E-state index in [2.05, 4.69) is 15.9 Å². The molecule has 0 fully saturated rings. The van der Waals surface area contributed by atoms with Crippen LogP contribution in [0.4, 0.5) is 5.69 Å². The van der Waals surface area contributed by atoms with Gasteiger partial charge in [-0.15, -0.1) is 0 Å². The number of ether oxygens (including phenoxy) is 2. The van der Waals surface area contributed by atoms with Crippen LogP contribution in [0.1, 0.15) is 22.6 Å². The van der Waals surface area contributed by atoms with E-state index in [4.69, 9.17) is 9.47 Å². The molecule has 6 nitrogen and oxygen atoms in total. The van der Waals surface area contributed by atoms with Gasteiger partial charge in [-0.3, -0.25) is 4.79 Å². The van der Waals surface area contributed by atoms with Gasteiger partial charge in [0.05, 0.1) is 24.8 Å². The molecule has 32 heavy (non-hydrogen) atoms. The van der Waals surface area contributed by atoms with Gasteiger partial charge in [0.25, 0.3) is 15.9 Å². The molecule has 3 aromatic carbocycles. The van der Waals surface area contributed by atoms with Crippen molar-refractivity contribution in [2.45, 2.75) is 22.6 Å². The number of fused-ring (bicyclic) bond motifs is 1. The predicted octanol–water partition coefficient (Wildman–Crippen LogP) is 4.64. The van der Waals surface area contributed by atoms with Gasteiger partial charge < -0.3 is 9.47 Å². The molecule has 1 amide bonds. The number of sulfonamides is 1. The SMILES string of the molecule is COc1ccc([C@@H]2c3ccccc3N(S(=O)(=O)c3ccc(C)cc3)C(=O)[C@H]2Br)cc1OC. The number of methoxy groups -OCH3 is 2. The fourth-order valence-electron chi connectivity index (χ4n) is 3.92. The van der Waals surface area contributed by atoms with Gasteiger partial charge in [-0.2, -0.15) is 0 Å². The first kappa shape index (κ1) is 22.4. The minimum atomic E-state index is -4.09. The van der Waals surface area contributed by atoms with Crippen molar-refractivity contribution in [2.24, 2.45) is 0 Å². The zero-order valence-electron chi connectivity index (χ0n) is 17.8. The van der Waals surface area contributed by atoms with Gasteiger partial charge >= 0.3 is 0 Å². The number of alkyl halides is 1. The smallest absolute Gasteiger partial charge is 0.270 e. The van der Waals surface area contributed by atoms with Gasteiger partial charge in [-0.05, 0) is 48.4 Å². The normalized spacial score (nSPS) is 18.2. The standard InChI is InChI=1S/C24H22BrNO5S/c1-15-8-11-17(12-9-15)32(28,29)26-19-7-5-4-6-18(19)22(23(25)24(26)27)16-10-13-20(30-2)21(14-16)31-3/h4-14,22-23H,1-3H3/t22-,23+/m1/s1. The summed E-state index contributed by atoms with van der Waals surface area (Å²) in [5.41, 5.74) is 2.80. The number of rotatable bonds is 5. The lowest BCUT2D eigenvalue weighted by atomic mass is 9.84. The molecule has 0 unspecified atom stereocenters. The van der Waals surface area contributed by atoms with Crippen LogP contribution >= 0.6 is 15.9 Å². The van der Waals surface area contributed by atoms with Crippen LogP contribution < -0.4 is 13.8 Å². The molecule has 0 spiro atoms. The van der Waals surface area contributed by atoms with Crippen molar-refractivity contribution in [2.75, 3.05) is 18.5 Å². The molecule has 8 heteroatoms. The molecule has 166 valence electrons. The largest absolute Gasteiger partial charge is 0.493 e. The highest BCUT2D eigenvalue weighted by atomic mass is 79.9. The second-order valence-corrected chi connectivity index (χ2v) is 10.2. The molecule has 0 radical (unpaired) electrons. The van der Waals surface area contributed by atoms with Gasteiger partial charge in [0.2, 0.25) is 0 Å². The second kappa shape index (κ2) is 8.60. The quantitative estimate of drug-likeness (QED) is 0.462. The Morgan fingerprint density at radius 3 is 2.22 bits per heavy atom. The van der Waals surface area contributed by atoms with Gasteiger partial charge in [0, 0.05) is 5.92 Å². The van der Waals surface area contributed by atoms with E-state index in [-0.39, 0.29) is 4.90 Å². The first-order valence-corrected chi connectivity index (χ1v) is 12.3. The third-order valence-electron chi connectivity index (χ3n) is 5.55. The van der Waals surface area contributed by atoms with Crippen LogP contribution in [0.15, 0.2) is 71.6 Å². The number of anilines is 1. The van der Waals surface area contributed by atoms with E-state index in [1.54, 1.807) is 44.6 Å². The van der Waals surface area contributed by atoms with E-state index in [0.717, 1.165) is 21.0 Å². The van der Waals surface area contributed by atoms with Crippen LogP contribution in [-0.2, 0) is 14.8 Å². The molecule has 2 atom stereocenters. The summed E-state index contributed by atoms with van der Waals surface area (Å²) < 4.78 is 38.6. The molecule has 0 aliphatic carbocycles. The molecular formula is C24H22BrNO5S. The summed E-state index contributed by atoms with van der Waals surface area (Å²) in [5.74, 6) is 0.137. The van der Waals surface area contributed by atoms with Crippen LogP contribution in [-0.4, -0.2) is 33.4 Å². The lowest BCUT2D eigenvalue weighted by Crippen LogP contribution is -2.47. The first-order valence-electron chi connectivity index (χ1n) is 9.90. The van der Waals surface area contributed by atoms with Crippen molar-refractivity contribution in [1.82, 2.24) is 0 Å². The maximum absolute atomic E-state index is 13.5. The van der Waals surface area contributed by atoms with Crippen molar-refractivity contribution >= 4 is 37.5 Å². The number of hydrogen-bond donors (Lipinski definition) is 0. The van der Waals surface area contributed by atoms with E-state index in [0.29, 0.717) is 17.2 Å². The molecular weight excluding hydrogens is 494 g/mol. The Bertz CT molecular complexity index is 1270. The Morgan fingerprint density at radius 2 is 1.56 bits per heavy atom. The molecule has 3 aromatic rings. The highest BCUT2D eigenvalue weighted by Gasteiger charge is 2.45. The van der Waals surface area contributed by atoms with E-state index >= 15 is 0 Å². The van der Waals surface area contributed by atoms with Crippen LogP contribution in [0.25, 0.3) is 0 Å². The van der Waals surface area contributed by atoms with Gasteiger partial charge in [-0.25, -0.2) is 12.7 Å². The summed E-state index contributed by atoms with van der Waals surface area (Å²) >= 11 is 3.50. The summed E-state index contributed by atoms with van der Waals surface area (Å²) in [4.78, 5) is 12.7. The topological polar surface area (TPSA) is 72.9 Å². The summed E-state index contributed by atoms with van der Waals surface area (Å²) in [6, 6.07) is 19.0. The molecule has 1 aliphatic rings. The number of carbonyl (C=O) groups excluding carboxylic acids is 1. The van der Waals surface area contributed by atoms with Gasteiger partial charge in [-0.1, -0.05) is 57.9 Å². The van der Waals surface area contributed by atoms with Crippen molar-refractivity contribution in [3.63, 3.8) is 0 Å². The molecule has 0 saturated heterocycles. The fourth-order valence-corrected chi connectivity index (χ4v) is 6.32. The highest BCUT2D eigenvalue weighted by Crippen LogP contribution is 2.46. The lowest BCUT2D eigenvalue weighted by Gasteiger charge is -2.36. The van der Waals surface area contributed by atoms with E-state index in [9.17, 15) is 13.2 Å². The summed E-state index contributed by atoms with van der Waals surface area (Å²) in [7, 11) is -0.996. The van der Waals surface area contributed by atoms with Crippen molar-refractivity contribution < 1.29 is 22.7 Å². The summed E-state index contributed by atoms with van der Waals surface area (Å²) in [6.45, 7) is 1.87. The highest BCUT2D eigenvalue weighted by molar-refractivity contribution is 9.10. The molecule has 0 bridgehead atoms. The van der Waals surface area contributed by atoms with Crippen LogP contribution in [0.5, 0.6) is 11.5 Å². The number of nitrogens with zero attached hydrogens (tertiary/aromatic N) is 1. The van der Waals surface area contributed by atoms with E-state index in [1.165, 1.54) is 12.1 Å².